The molecule has 4 heterocycles. The molecule has 15 heteroatoms. The monoisotopic (exact) mass is 518 g/mol. The first-order valence-electron chi connectivity index (χ1n) is 10.3. The highest BCUT2D eigenvalue weighted by Crippen LogP contribution is 2.36. The van der Waals surface area contributed by atoms with E-state index in [0.717, 1.165) is 18.6 Å². The van der Waals surface area contributed by atoms with Crippen LogP contribution in [0.2, 0.25) is 0 Å². The lowest BCUT2D eigenvalue weighted by molar-refractivity contribution is -0.143. The number of hydrogen-bond acceptors (Lipinski definition) is 6. The second kappa shape index (κ2) is 8.69. The Bertz CT molecular complexity index is 1600. The van der Waals surface area contributed by atoms with Crippen LogP contribution in [0.3, 0.4) is 0 Å². The molecule has 5 rings (SSSR count). The van der Waals surface area contributed by atoms with Crippen LogP contribution in [0.5, 0.6) is 0 Å². The predicted octanol–water partition coefficient (Wildman–Crippen LogP) is 4.69. The molecular weight excluding hydrogens is 506 g/mol. The third kappa shape index (κ3) is 4.46. The molecule has 5 aromatic rings. The summed E-state index contributed by atoms with van der Waals surface area (Å²) in [6.07, 6.45) is -4.69. The minimum Gasteiger partial charge on any atom is -0.320 e. The van der Waals surface area contributed by atoms with E-state index < -0.39 is 46.6 Å². The van der Waals surface area contributed by atoms with Crippen LogP contribution in [-0.2, 0) is 12.4 Å². The Hall–Kier alpha value is -4.82. The minimum atomic E-state index is -5.04. The van der Waals surface area contributed by atoms with Gasteiger partial charge < -0.3 is 5.32 Å². The minimum absolute atomic E-state index is 0.00840. The average Bonchev–Trinajstić information content (AvgIpc) is 3.53. The van der Waals surface area contributed by atoms with Crippen LogP contribution >= 0.6 is 0 Å². The molecule has 9 nitrogen and oxygen atoms in total. The lowest BCUT2D eigenvalue weighted by Gasteiger charge is -2.15. The molecule has 0 saturated carbocycles. The predicted molar refractivity (Wildman–Crippen MR) is 116 cm³/mol. The first-order chi connectivity index (χ1) is 17.5. The van der Waals surface area contributed by atoms with Crippen molar-refractivity contribution >= 4 is 22.5 Å². The van der Waals surface area contributed by atoms with Crippen molar-refractivity contribution < 1.29 is 31.1 Å². The van der Waals surface area contributed by atoms with Crippen LogP contribution < -0.4 is 5.32 Å². The number of pyridine rings is 2. The van der Waals surface area contributed by atoms with Gasteiger partial charge in [-0.05, 0) is 30.3 Å². The van der Waals surface area contributed by atoms with Gasteiger partial charge in [-0.15, -0.1) is 4.80 Å². The van der Waals surface area contributed by atoms with Crippen molar-refractivity contribution in [1.82, 2.24) is 34.7 Å². The Balaban J connectivity index is 1.56. The fraction of sp³-hybridized carbons (Fsp3) is 0.0909. The summed E-state index contributed by atoms with van der Waals surface area (Å²) in [5.41, 5.74) is -3.72. The zero-order valence-corrected chi connectivity index (χ0v) is 18.2. The molecule has 37 heavy (non-hydrogen) atoms. The van der Waals surface area contributed by atoms with Gasteiger partial charge in [0.25, 0.3) is 5.91 Å². The van der Waals surface area contributed by atoms with Crippen LogP contribution in [0.4, 0.5) is 32.0 Å². The summed E-state index contributed by atoms with van der Waals surface area (Å²) in [5, 5.41) is 13.4. The quantitative estimate of drug-likeness (QED) is 0.347. The van der Waals surface area contributed by atoms with Gasteiger partial charge in [-0.2, -0.15) is 41.6 Å². The zero-order valence-electron chi connectivity index (χ0n) is 18.2. The third-order valence-corrected chi connectivity index (χ3v) is 5.17. The van der Waals surface area contributed by atoms with Gasteiger partial charge in [-0.1, -0.05) is 6.07 Å². The van der Waals surface area contributed by atoms with Gasteiger partial charge in [0.05, 0.1) is 47.2 Å². The third-order valence-electron chi connectivity index (χ3n) is 5.17. The van der Waals surface area contributed by atoms with Gasteiger partial charge in [0.15, 0.2) is 11.5 Å². The maximum Gasteiger partial charge on any atom is 0.434 e. The van der Waals surface area contributed by atoms with Gasteiger partial charge in [-0.25, -0.2) is 9.67 Å². The molecule has 0 aliphatic carbocycles. The van der Waals surface area contributed by atoms with E-state index in [9.17, 15) is 31.1 Å². The maximum atomic E-state index is 14.1. The Morgan fingerprint density at radius 1 is 0.838 bits per heavy atom. The molecule has 0 spiro atoms. The average molecular weight is 518 g/mol. The van der Waals surface area contributed by atoms with Crippen LogP contribution in [-0.4, -0.2) is 40.6 Å². The molecule has 0 unspecified atom stereocenters. The van der Waals surface area contributed by atoms with Crippen molar-refractivity contribution in [2.75, 3.05) is 5.32 Å². The Kier molecular flexibility index (Phi) is 5.61. The number of amides is 1. The van der Waals surface area contributed by atoms with E-state index in [-0.39, 0.29) is 5.69 Å². The lowest BCUT2D eigenvalue weighted by atomic mass is 10.1. The molecule has 0 aliphatic heterocycles. The van der Waals surface area contributed by atoms with Gasteiger partial charge in [-0.3, -0.25) is 9.78 Å². The normalized spacial score (nSPS) is 12.2. The van der Waals surface area contributed by atoms with Crippen molar-refractivity contribution in [2.45, 2.75) is 12.4 Å². The second-order valence-corrected chi connectivity index (χ2v) is 7.53. The number of hydrogen-bond donors (Lipinski definition) is 1. The molecule has 1 aromatic carbocycles. The largest absolute Gasteiger partial charge is 0.434 e. The summed E-state index contributed by atoms with van der Waals surface area (Å²) in [7, 11) is 0. The molecule has 1 N–H and O–H groups in total. The molecule has 0 radical (unpaired) electrons. The summed E-state index contributed by atoms with van der Waals surface area (Å²) < 4.78 is 83.8. The highest BCUT2D eigenvalue weighted by Gasteiger charge is 2.41. The highest BCUT2D eigenvalue weighted by molar-refractivity contribution is 6.05. The summed E-state index contributed by atoms with van der Waals surface area (Å²) in [4.78, 5) is 21.2. The van der Waals surface area contributed by atoms with Crippen molar-refractivity contribution in [2.24, 2.45) is 0 Å². The van der Waals surface area contributed by atoms with Crippen LogP contribution in [0.15, 0.2) is 67.4 Å². The number of aromatic nitrogens is 7. The molecule has 0 fully saturated rings. The van der Waals surface area contributed by atoms with E-state index in [1.807, 2.05) is 5.32 Å². The van der Waals surface area contributed by atoms with Crippen molar-refractivity contribution in [1.29, 1.82) is 0 Å². The molecule has 4 aromatic heterocycles. The zero-order chi connectivity index (χ0) is 26.4. The van der Waals surface area contributed by atoms with E-state index in [1.54, 1.807) is 12.1 Å². The number of fused-ring (bicyclic) bond motifs is 1. The fourth-order valence-corrected chi connectivity index (χ4v) is 3.66. The molecular formula is C22H12F6N8O. The Labute approximate surface area is 202 Å². The van der Waals surface area contributed by atoms with Crippen molar-refractivity contribution in [3.05, 3.63) is 84.2 Å². The molecule has 0 saturated heterocycles. The number of halogens is 6. The highest BCUT2D eigenvalue weighted by atomic mass is 19.4. The number of anilines is 1. The Morgan fingerprint density at radius 3 is 2.30 bits per heavy atom. The number of nitrogens with zero attached hydrogens (tertiary/aromatic N) is 7. The summed E-state index contributed by atoms with van der Waals surface area (Å²) >= 11 is 0. The van der Waals surface area contributed by atoms with Gasteiger partial charge in [0, 0.05) is 11.6 Å². The van der Waals surface area contributed by atoms with E-state index in [2.05, 4.69) is 25.3 Å². The van der Waals surface area contributed by atoms with E-state index >= 15 is 0 Å². The van der Waals surface area contributed by atoms with Crippen LogP contribution in [0.25, 0.3) is 22.4 Å². The second-order valence-electron chi connectivity index (χ2n) is 7.53. The van der Waals surface area contributed by atoms with Crippen LogP contribution in [0.1, 0.15) is 21.6 Å². The topological polar surface area (TPSA) is 103 Å². The van der Waals surface area contributed by atoms with Crippen molar-refractivity contribution in [3.63, 3.8) is 0 Å². The number of nitrogens with one attached hydrogen (secondary N) is 1. The molecule has 188 valence electrons. The smallest absolute Gasteiger partial charge is 0.320 e. The van der Waals surface area contributed by atoms with Gasteiger partial charge in [0.1, 0.15) is 5.56 Å². The van der Waals surface area contributed by atoms with E-state index in [0.29, 0.717) is 32.6 Å². The molecule has 0 atom stereocenters. The maximum absolute atomic E-state index is 14.1. The van der Waals surface area contributed by atoms with Crippen molar-refractivity contribution in [3.8, 4) is 11.5 Å². The van der Waals surface area contributed by atoms with Gasteiger partial charge in [0.2, 0.25) is 0 Å². The number of rotatable bonds is 4. The summed E-state index contributed by atoms with van der Waals surface area (Å²) in [6.45, 7) is 0. The number of carbonyl (C=O) groups excluding carboxylic acids is 1. The first kappa shape index (κ1) is 23.9. The number of alkyl halides is 6. The molecule has 0 bridgehead atoms. The molecule has 1 amide bonds. The van der Waals surface area contributed by atoms with E-state index in [1.165, 1.54) is 24.4 Å². The van der Waals surface area contributed by atoms with Gasteiger partial charge >= 0.3 is 12.4 Å². The number of carbonyl (C=O) groups is 1. The first-order valence-corrected chi connectivity index (χ1v) is 10.3. The van der Waals surface area contributed by atoms with E-state index in [4.69, 9.17) is 0 Å². The lowest BCUT2D eigenvalue weighted by Crippen LogP contribution is -2.21. The standard InChI is InChI=1S/C22H12F6N8O/c23-21(24,25)15-9-12(10-30-19(15)36-31-7-8-32-36)34-20(37)14-11-33-35(18(14)22(26,27)28)17-5-1-4-16-13(17)3-2-6-29-16/h1-11H,(H,34,37). The summed E-state index contributed by atoms with van der Waals surface area (Å²) in [5.74, 6) is -2.01. The Morgan fingerprint density at radius 2 is 1.59 bits per heavy atom. The number of benzene rings is 1. The summed E-state index contributed by atoms with van der Waals surface area (Å²) in [6, 6.07) is 8.04. The fourth-order valence-electron chi connectivity index (χ4n) is 3.66. The SMILES string of the molecule is O=C(Nc1cnc(-n2nccn2)c(C(F)(F)F)c1)c1cnn(-c2cccc3ncccc23)c1C(F)(F)F. The van der Waals surface area contributed by atoms with Crippen LogP contribution in [0, 0.1) is 0 Å². The molecule has 0 aliphatic rings.